The number of aliphatic hydroxyl groups is 1. The fourth-order valence-corrected chi connectivity index (χ4v) is 4.46. The molecule has 2 heterocycles. The molecule has 2 fully saturated rings. The van der Waals surface area contributed by atoms with Crippen molar-refractivity contribution in [1.29, 1.82) is 0 Å². The van der Waals surface area contributed by atoms with Crippen molar-refractivity contribution in [2.24, 2.45) is 0 Å². The minimum absolute atomic E-state index is 0.0349. The summed E-state index contributed by atoms with van der Waals surface area (Å²) >= 11 is 0. The van der Waals surface area contributed by atoms with Gasteiger partial charge in [0.05, 0.1) is 18.7 Å². The Kier molecular flexibility index (Phi) is 6.42. The molecule has 2 saturated heterocycles. The fourth-order valence-electron chi connectivity index (χ4n) is 4.46. The third kappa shape index (κ3) is 4.32. The van der Waals surface area contributed by atoms with E-state index >= 15 is 0 Å². The molecule has 2 N–H and O–H groups in total. The van der Waals surface area contributed by atoms with Crippen LogP contribution in [0.5, 0.6) is 0 Å². The molecule has 0 aliphatic carbocycles. The monoisotopic (exact) mass is 435 g/mol. The highest BCUT2D eigenvalue weighted by atomic mass is 19.1. The maximum atomic E-state index is 13.0. The number of nitrogens with zero attached hydrogens (tertiary/aromatic N) is 2. The third-order valence-corrected chi connectivity index (χ3v) is 6.06. The summed E-state index contributed by atoms with van der Waals surface area (Å²) in [5, 5.41) is 12.7. The average Bonchev–Trinajstić information content (AvgIpc) is 2.79. The Morgan fingerprint density at radius 1 is 1.12 bits per heavy atom. The number of carbonyl (C=O) groups is 2. The molecule has 0 bridgehead atoms. The third-order valence-electron chi connectivity index (χ3n) is 6.06. The average molecular weight is 435 g/mol. The van der Waals surface area contributed by atoms with E-state index in [2.05, 4.69) is 17.2 Å². The van der Waals surface area contributed by atoms with Crippen LogP contribution in [0.1, 0.15) is 36.0 Å². The van der Waals surface area contributed by atoms with Gasteiger partial charge in [-0.05, 0) is 48.4 Å². The Morgan fingerprint density at radius 2 is 1.75 bits per heavy atom. The van der Waals surface area contributed by atoms with E-state index in [1.807, 2.05) is 31.2 Å². The minimum Gasteiger partial charge on any atom is -0.394 e. The molecule has 0 aromatic heterocycles. The van der Waals surface area contributed by atoms with Crippen LogP contribution >= 0.6 is 0 Å². The molecule has 6 nitrogen and oxygen atoms in total. The molecule has 0 saturated carbocycles. The number of carbonyl (C=O) groups excluding carboxylic acids is 2. The second-order valence-electron chi connectivity index (χ2n) is 8.14. The number of urea groups is 1. The summed E-state index contributed by atoms with van der Waals surface area (Å²) in [6, 6.07) is 13.1. The Labute approximate surface area is 187 Å². The molecule has 32 heavy (non-hydrogen) atoms. The van der Waals surface area contributed by atoms with Gasteiger partial charge in [0.25, 0.3) is 0 Å². The first kappa shape index (κ1) is 21.8. The molecule has 0 unspecified atom stereocenters. The van der Waals surface area contributed by atoms with Crippen LogP contribution in [0.15, 0.2) is 48.5 Å². The van der Waals surface area contributed by atoms with Crippen molar-refractivity contribution in [2.75, 3.05) is 26.2 Å². The van der Waals surface area contributed by atoms with Gasteiger partial charge in [-0.1, -0.05) is 30.9 Å². The molecular weight excluding hydrogens is 409 g/mol. The van der Waals surface area contributed by atoms with Crippen molar-refractivity contribution in [3.63, 3.8) is 0 Å². The highest BCUT2D eigenvalue weighted by molar-refractivity contribution is 5.87. The van der Waals surface area contributed by atoms with Gasteiger partial charge in [-0.25, -0.2) is 9.18 Å². The SMILES string of the molecule is CCCNC(=O)N1CC(=O)N2[C@H](C1)[C@@H](c1ccc(C#Cc3ccc(F)cc3)cc1)[C@@H]2CO. The lowest BCUT2D eigenvalue weighted by molar-refractivity contribution is -0.159. The molecule has 3 atom stereocenters. The van der Waals surface area contributed by atoms with Crippen LogP contribution in [0.4, 0.5) is 9.18 Å². The summed E-state index contributed by atoms with van der Waals surface area (Å²) in [7, 11) is 0. The quantitative estimate of drug-likeness (QED) is 0.724. The molecule has 166 valence electrons. The second kappa shape index (κ2) is 9.41. The van der Waals surface area contributed by atoms with E-state index in [1.54, 1.807) is 21.9 Å². The van der Waals surface area contributed by atoms with Gasteiger partial charge in [0.2, 0.25) is 5.91 Å². The van der Waals surface area contributed by atoms with Gasteiger partial charge >= 0.3 is 6.03 Å². The van der Waals surface area contributed by atoms with Gasteiger partial charge in [-0.2, -0.15) is 0 Å². The molecule has 7 heteroatoms. The topological polar surface area (TPSA) is 72.9 Å². The van der Waals surface area contributed by atoms with Crippen molar-refractivity contribution in [1.82, 2.24) is 15.1 Å². The first-order valence-corrected chi connectivity index (χ1v) is 10.8. The number of piperazine rings is 1. The summed E-state index contributed by atoms with van der Waals surface area (Å²) in [4.78, 5) is 28.3. The van der Waals surface area contributed by atoms with Crippen LogP contribution in [0.2, 0.25) is 0 Å². The highest BCUT2D eigenvalue weighted by Gasteiger charge is 2.54. The molecule has 2 aromatic carbocycles. The number of benzene rings is 2. The van der Waals surface area contributed by atoms with E-state index in [1.165, 1.54) is 12.1 Å². The summed E-state index contributed by atoms with van der Waals surface area (Å²) in [6.07, 6.45) is 0.828. The first-order chi connectivity index (χ1) is 15.5. The van der Waals surface area contributed by atoms with E-state index in [-0.39, 0.29) is 48.9 Å². The second-order valence-corrected chi connectivity index (χ2v) is 8.14. The molecule has 2 aliphatic rings. The largest absolute Gasteiger partial charge is 0.394 e. The van der Waals surface area contributed by atoms with E-state index in [0.717, 1.165) is 23.1 Å². The molecule has 0 spiro atoms. The predicted molar refractivity (Wildman–Crippen MR) is 118 cm³/mol. The Balaban J connectivity index is 1.49. The van der Waals surface area contributed by atoms with E-state index in [0.29, 0.717) is 13.1 Å². The van der Waals surface area contributed by atoms with Crippen LogP contribution in [-0.4, -0.2) is 65.2 Å². The highest BCUT2D eigenvalue weighted by Crippen LogP contribution is 2.42. The minimum atomic E-state index is -0.296. The zero-order valence-electron chi connectivity index (χ0n) is 17.9. The van der Waals surface area contributed by atoms with E-state index in [9.17, 15) is 19.1 Å². The van der Waals surface area contributed by atoms with Crippen LogP contribution in [-0.2, 0) is 4.79 Å². The maximum Gasteiger partial charge on any atom is 0.317 e. The van der Waals surface area contributed by atoms with Crippen molar-refractivity contribution in [3.8, 4) is 11.8 Å². The predicted octanol–water partition coefficient (Wildman–Crippen LogP) is 2.32. The molecule has 3 amide bonds. The van der Waals surface area contributed by atoms with Crippen LogP contribution in [0.3, 0.4) is 0 Å². The number of hydrogen-bond donors (Lipinski definition) is 2. The standard InChI is InChI=1S/C25H26FN3O3/c1-2-13-27-25(32)28-14-21-24(22(16-30)29(21)23(31)15-28)19-9-5-17(6-10-19)3-4-18-7-11-20(26)12-8-18/h5-12,21-22,24,30H,2,13-16H2,1H3,(H,27,32)/t21-,22+,24-/m1/s1. The Morgan fingerprint density at radius 3 is 2.34 bits per heavy atom. The Bertz CT molecular complexity index is 1040. The zero-order chi connectivity index (χ0) is 22.7. The molecule has 4 rings (SSSR count). The van der Waals surface area contributed by atoms with Crippen molar-refractivity contribution in [3.05, 3.63) is 71.0 Å². The van der Waals surface area contributed by atoms with Crippen molar-refractivity contribution < 1.29 is 19.1 Å². The number of fused-ring (bicyclic) bond motifs is 1. The van der Waals surface area contributed by atoms with Crippen molar-refractivity contribution in [2.45, 2.75) is 31.3 Å². The van der Waals surface area contributed by atoms with Crippen LogP contribution in [0, 0.1) is 17.7 Å². The van der Waals surface area contributed by atoms with Gasteiger partial charge in [0, 0.05) is 30.1 Å². The van der Waals surface area contributed by atoms with Gasteiger partial charge in [0.1, 0.15) is 12.4 Å². The summed E-state index contributed by atoms with van der Waals surface area (Å²) in [5.74, 6) is 5.59. The number of amides is 3. The smallest absolute Gasteiger partial charge is 0.317 e. The summed E-state index contributed by atoms with van der Waals surface area (Å²) < 4.78 is 13.0. The fraction of sp³-hybridized carbons (Fsp3) is 0.360. The van der Waals surface area contributed by atoms with E-state index in [4.69, 9.17) is 0 Å². The number of nitrogens with one attached hydrogen (secondary N) is 1. The molecule has 2 aliphatic heterocycles. The van der Waals surface area contributed by atoms with Crippen molar-refractivity contribution >= 4 is 11.9 Å². The van der Waals surface area contributed by atoms with E-state index < -0.39 is 0 Å². The lowest BCUT2D eigenvalue weighted by atomic mass is 9.73. The van der Waals surface area contributed by atoms with Gasteiger partial charge < -0.3 is 20.2 Å². The van der Waals surface area contributed by atoms with Gasteiger partial charge in [-0.3, -0.25) is 4.79 Å². The molecular formula is C25H26FN3O3. The van der Waals surface area contributed by atoms with Crippen LogP contribution < -0.4 is 5.32 Å². The first-order valence-electron chi connectivity index (χ1n) is 10.8. The van der Waals surface area contributed by atoms with Gasteiger partial charge in [-0.15, -0.1) is 0 Å². The lowest BCUT2D eigenvalue weighted by Gasteiger charge is -2.58. The number of rotatable bonds is 4. The number of aliphatic hydroxyl groups excluding tert-OH is 1. The number of hydrogen-bond acceptors (Lipinski definition) is 3. The summed E-state index contributed by atoms with van der Waals surface area (Å²) in [6.45, 7) is 2.90. The maximum absolute atomic E-state index is 13.0. The van der Waals surface area contributed by atoms with Gasteiger partial charge in [0.15, 0.2) is 0 Å². The Hall–Kier alpha value is -3.37. The number of halogens is 1. The lowest BCUT2D eigenvalue weighted by Crippen LogP contribution is -2.73. The summed E-state index contributed by atoms with van der Waals surface area (Å²) in [5.41, 5.74) is 2.55. The molecule has 2 aromatic rings. The molecule has 0 radical (unpaired) electrons. The van der Waals surface area contributed by atoms with Crippen LogP contribution in [0.25, 0.3) is 0 Å². The normalized spacial score (nSPS) is 21.8. The zero-order valence-corrected chi connectivity index (χ0v) is 17.9.